The van der Waals surface area contributed by atoms with Crippen LogP contribution in [0, 0.1) is 18.6 Å². The quantitative estimate of drug-likeness (QED) is 0.609. The summed E-state index contributed by atoms with van der Waals surface area (Å²) in [5.74, 6) is -2.26. The molecule has 0 fully saturated rings. The van der Waals surface area contributed by atoms with Gasteiger partial charge in [-0.2, -0.15) is 0 Å². The number of carbonyl (C=O) groups excluding carboxylic acids is 2. The zero-order chi connectivity index (χ0) is 21.7. The van der Waals surface area contributed by atoms with Crippen molar-refractivity contribution in [2.24, 2.45) is 5.73 Å². The average Bonchev–Trinajstić information content (AvgIpc) is 2.71. The van der Waals surface area contributed by atoms with Crippen LogP contribution < -0.4 is 20.5 Å². The summed E-state index contributed by atoms with van der Waals surface area (Å²) < 4.78 is 38.3. The van der Waals surface area contributed by atoms with Crippen LogP contribution in [0.4, 0.5) is 14.5 Å². The van der Waals surface area contributed by atoms with E-state index in [1.54, 1.807) is 24.3 Å². The minimum atomic E-state index is -1.11. The number of hydrogen-bond donors (Lipinski definition) is 2. The van der Waals surface area contributed by atoms with Crippen molar-refractivity contribution in [1.29, 1.82) is 0 Å². The standard InChI is InChI=1S/C22H18F2N2O4/c1-13-2-4-15(5-3-13)30-16-8-6-14(7-9-16)29-12-21(27)26-20-10-17(22(25)28)18(23)11-19(20)24/h2-11H,12H2,1H3,(H2,25,28)(H,26,27). The van der Waals surface area contributed by atoms with Crippen LogP contribution in [-0.2, 0) is 4.79 Å². The molecule has 2 amide bonds. The van der Waals surface area contributed by atoms with Crippen LogP contribution in [0.2, 0.25) is 0 Å². The first kappa shape index (κ1) is 20.8. The number of benzene rings is 3. The number of primary amides is 1. The van der Waals surface area contributed by atoms with E-state index >= 15 is 0 Å². The highest BCUT2D eigenvalue weighted by atomic mass is 19.1. The molecule has 0 aliphatic heterocycles. The molecular formula is C22H18F2N2O4. The first-order valence-electron chi connectivity index (χ1n) is 8.88. The predicted octanol–water partition coefficient (Wildman–Crippen LogP) is 4.18. The molecule has 0 bridgehead atoms. The Balaban J connectivity index is 1.56. The Morgan fingerprint density at radius 3 is 2.07 bits per heavy atom. The van der Waals surface area contributed by atoms with E-state index in [-0.39, 0.29) is 5.69 Å². The Morgan fingerprint density at radius 2 is 1.47 bits per heavy atom. The number of carbonyl (C=O) groups is 2. The minimum Gasteiger partial charge on any atom is -0.484 e. The molecule has 0 unspecified atom stereocenters. The van der Waals surface area contributed by atoms with E-state index in [1.807, 2.05) is 31.2 Å². The van der Waals surface area contributed by atoms with Crippen molar-refractivity contribution in [2.45, 2.75) is 6.92 Å². The normalized spacial score (nSPS) is 10.4. The summed E-state index contributed by atoms with van der Waals surface area (Å²) in [6.07, 6.45) is 0. The molecule has 0 saturated heterocycles. The van der Waals surface area contributed by atoms with Crippen LogP contribution in [0.15, 0.2) is 60.7 Å². The monoisotopic (exact) mass is 412 g/mol. The fraction of sp³-hybridized carbons (Fsp3) is 0.0909. The summed E-state index contributed by atoms with van der Waals surface area (Å²) in [6.45, 7) is 1.55. The summed E-state index contributed by atoms with van der Waals surface area (Å²) in [5, 5.41) is 2.21. The smallest absolute Gasteiger partial charge is 0.262 e. The molecule has 3 aromatic rings. The van der Waals surface area contributed by atoms with Crippen molar-refractivity contribution in [3.8, 4) is 17.2 Å². The lowest BCUT2D eigenvalue weighted by Gasteiger charge is -2.10. The Hall–Kier alpha value is -3.94. The molecule has 0 aliphatic rings. The van der Waals surface area contributed by atoms with Crippen molar-refractivity contribution in [1.82, 2.24) is 0 Å². The maximum Gasteiger partial charge on any atom is 0.262 e. The number of anilines is 1. The summed E-state index contributed by atoms with van der Waals surface area (Å²) in [6, 6.07) is 15.4. The van der Waals surface area contributed by atoms with E-state index in [0.717, 1.165) is 11.6 Å². The van der Waals surface area contributed by atoms with E-state index in [4.69, 9.17) is 15.2 Å². The van der Waals surface area contributed by atoms with Gasteiger partial charge in [-0.25, -0.2) is 8.78 Å². The first-order chi connectivity index (χ1) is 14.3. The molecule has 0 aliphatic carbocycles. The van der Waals surface area contributed by atoms with Crippen LogP contribution in [0.5, 0.6) is 17.2 Å². The summed E-state index contributed by atoms with van der Waals surface area (Å²) in [4.78, 5) is 23.2. The summed E-state index contributed by atoms with van der Waals surface area (Å²) in [5.41, 5.74) is 5.23. The number of hydrogen-bond acceptors (Lipinski definition) is 4. The topological polar surface area (TPSA) is 90.7 Å². The van der Waals surface area contributed by atoms with Gasteiger partial charge < -0.3 is 20.5 Å². The lowest BCUT2D eigenvalue weighted by molar-refractivity contribution is -0.118. The van der Waals surface area contributed by atoms with Gasteiger partial charge in [0.15, 0.2) is 6.61 Å². The van der Waals surface area contributed by atoms with Gasteiger partial charge >= 0.3 is 0 Å². The van der Waals surface area contributed by atoms with Crippen LogP contribution in [0.25, 0.3) is 0 Å². The number of nitrogens with two attached hydrogens (primary N) is 1. The highest BCUT2D eigenvalue weighted by Gasteiger charge is 2.15. The maximum atomic E-state index is 13.8. The van der Waals surface area contributed by atoms with Gasteiger partial charge in [0.25, 0.3) is 11.8 Å². The van der Waals surface area contributed by atoms with Crippen LogP contribution in [0.1, 0.15) is 15.9 Å². The van der Waals surface area contributed by atoms with Crippen LogP contribution in [-0.4, -0.2) is 18.4 Å². The van der Waals surface area contributed by atoms with Gasteiger partial charge in [0.2, 0.25) is 0 Å². The maximum absolute atomic E-state index is 13.8. The second kappa shape index (κ2) is 9.04. The molecule has 3 rings (SSSR count). The summed E-state index contributed by atoms with van der Waals surface area (Å²) in [7, 11) is 0. The number of nitrogens with one attached hydrogen (secondary N) is 1. The van der Waals surface area contributed by atoms with Crippen molar-refractivity contribution in [3.05, 3.63) is 83.4 Å². The van der Waals surface area contributed by atoms with Crippen molar-refractivity contribution in [2.75, 3.05) is 11.9 Å². The largest absolute Gasteiger partial charge is 0.484 e. The van der Waals surface area contributed by atoms with Crippen molar-refractivity contribution >= 4 is 17.5 Å². The van der Waals surface area contributed by atoms with E-state index < -0.39 is 35.6 Å². The molecule has 154 valence electrons. The number of halogens is 2. The van der Waals surface area contributed by atoms with Gasteiger partial charge in [0.05, 0.1) is 11.3 Å². The SMILES string of the molecule is Cc1ccc(Oc2ccc(OCC(=O)Nc3cc(C(N)=O)c(F)cc3F)cc2)cc1. The number of rotatable bonds is 7. The molecule has 0 atom stereocenters. The number of ether oxygens (including phenoxy) is 2. The van der Waals surface area contributed by atoms with E-state index in [1.165, 1.54) is 0 Å². The zero-order valence-electron chi connectivity index (χ0n) is 15.9. The molecule has 0 radical (unpaired) electrons. The van der Waals surface area contributed by atoms with Gasteiger partial charge in [0, 0.05) is 6.07 Å². The Bertz CT molecular complexity index is 1070. The molecule has 8 heteroatoms. The van der Waals surface area contributed by atoms with Gasteiger partial charge in [-0.05, 0) is 49.4 Å². The third-order valence-electron chi connectivity index (χ3n) is 4.05. The molecule has 0 saturated carbocycles. The Kier molecular flexibility index (Phi) is 6.26. The van der Waals surface area contributed by atoms with Gasteiger partial charge in [-0.15, -0.1) is 0 Å². The van der Waals surface area contributed by atoms with E-state index in [2.05, 4.69) is 5.32 Å². The average molecular weight is 412 g/mol. The predicted molar refractivity (Wildman–Crippen MR) is 107 cm³/mol. The third kappa shape index (κ3) is 5.32. The highest BCUT2D eigenvalue weighted by molar-refractivity contribution is 5.97. The minimum absolute atomic E-state index is 0.374. The Morgan fingerprint density at radius 1 is 0.900 bits per heavy atom. The van der Waals surface area contributed by atoms with Gasteiger partial charge in [-0.3, -0.25) is 9.59 Å². The van der Waals surface area contributed by atoms with Gasteiger partial charge in [-0.1, -0.05) is 17.7 Å². The van der Waals surface area contributed by atoms with Crippen molar-refractivity contribution < 1.29 is 27.8 Å². The molecule has 3 N–H and O–H groups in total. The first-order valence-corrected chi connectivity index (χ1v) is 8.88. The van der Waals surface area contributed by atoms with Crippen LogP contribution in [0.3, 0.4) is 0 Å². The molecule has 0 heterocycles. The zero-order valence-corrected chi connectivity index (χ0v) is 15.9. The molecule has 3 aromatic carbocycles. The molecule has 6 nitrogen and oxygen atoms in total. The highest BCUT2D eigenvalue weighted by Crippen LogP contribution is 2.24. The fourth-order valence-electron chi connectivity index (χ4n) is 2.52. The summed E-state index contributed by atoms with van der Waals surface area (Å²) >= 11 is 0. The third-order valence-corrected chi connectivity index (χ3v) is 4.05. The number of amides is 2. The molecular weight excluding hydrogens is 394 g/mol. The van der Waals surface area contributed by atoms with Gasteiger partial charge in [0.1, 0.15) is 28.9 Å². The molecule has 0 spiro atoms. The van der Waals surface area contributed by atoms with E-state index in [0.29, 0.717) is 23.3 Å². The lowest BCUT2D eigenvalue weighted by Crippen LogP contribution is -2.22. The fourth-order valence-corrected chi connectivity index (χ4v) is 2.52. The van der Waals surface area contributed by atoms with Crippen LogP contribution >= 0.6 is 0 Å². The second-order valence-corrected chi connectivity index (χ2v) is 6.40. The lowest BCUT2D eigenvalue weighted by atomic mass is 10.1. The van der Waals surface area contributed by atoms with E-state index in [9.17, 15) is 18.4 Å². The second-order valence-electron chi connectivity index (χ2n) is 6.40. The number of aryl methyl sites for hydroxylation is 1. The molecule has 0 aromatic heterocycles. The molecule has 30 heavy (non-hydrogen) atoms. The van der Waals surface area contributed by atoms with Crippen molar-refractivity contribution in [3.63, 3.8) is 0 Å². The Labute approximate surface area is 171 Å².